The number of rotatable bonds is 3. The molecule has 2 unspecified atom stereocenters. The maximum atomic E-state index is 13.6. The fraction of sp³-hybridized carbons (Fsp3) is 0.500. The minimum absolute atomic E-state index is 0.0129. The van der Waals surface area contributed by atoms with Gasteiger partial charge in [-0.05, 0) is 44.0 Å². The van der Waals surface area contributed by atoms with E-state index in [4.69, 9.17) is 11.6 Å². The zero-order chi connectivity index (χ0) is 16.6. The molecule has 0 aromatic heterocycles. The summed E-state index contributed by atoms with van der Waals surface area (Å²) in [6.45, 7) is 1.06. The van der Waals surface area contributed by atoms with Crippen molar-refractivity contribution < 1.29 is 19.1 Å². The average Bonchev–Trinajstić information content (AvgIpc) is 2.91. The number of piperidine rings is 1. The molecule has 2 aliphatic heterocycles. The Bertz CT molecular complexity index is 640. The Labute approximate surface area is 138 Å². The summed E-state index contributed by atoms with van der Waals surface area (Å²) >= 11 is 5.68. The van der Waals surface area contributed by atoms with Gasteiger partial charge in [-0.25, -0.2) is 4.39 Å². The first-order chi connectivity index (χ1) is 11.0. The number of carboxylic acids is 1. The number of anilines is 1. The summed E-state index contributed by atoms with van der Waals surface area (Å²) in [4.78, 5) is 27.4. The van der Waals surface area contributed by atoms with Crippen molar-refractivity contribution in [3.8, 4) is 0 Å². The molecular formula is C16H18ClFN2O3. The zero-order valence-corrected chi connectivity index (χ0v) is 13.3. The Balaban J connectivity index is 1.80. The molecule has 23 heavy (non-hydrogen) atoms. The highest BCUT2D eigenvalue weighted by molar-refractivity contribution is 6.30. The quantitative estimate of drug-likeness (QED) is 0.918. The van der Waals surface area contributed by atoms with Crippen molar-refractivity contribution in [3.63, 3.8) is 0 Å². The second kappa shape index (κ2) is 6.45. The van der Waals surface area contributed by atoms with Gasteiger partial charge in [0, 0.05) is 12.2 Å². The number of carboxylic acid groups (broad SMARTS) is 1. The van der Waals surface area contributed by atoms with Crippen molar-refractivity contribution in [2.24, 2.45) is 0 Å². The van der Waals surface area contributed by atoms with Gasteiger partial charge < -0.3 is 10.0 Å². The highest BCUT2D eigenvalue weighted by Gasteiger charge is 2.42. The summed E-state index contributed by atoms with van der Waals surface area (Å²) in [6, 6.07) is 3.22. The van der Waals surface area contributed by atoms with Crippen LogP contribution in [0.1, 0.15) is 25.7 Å². The number of hydrogen-bond acceptors (Lipinski definition) is 3. The lowest BCUT2D eigenvalue weighted by atomic mass is 9.99. The topological polar surface area (TPSA) is 60.9 Å². The Morgan fingerprint density at radius 1 is 1.26 bits per heavy atom. The van der Waals surface area contributed by atoms with Crippen LogP contribution in [0.3, 0.4) is 0 Å². The molecule has 1 amide bonds. The molecule has 1 aromatic carbocycles. The van der Waals surface area contributed by atoms with E-state index in [-0.39, 0.29) is 10.9 Å². The van der Waals surface area contributed by atoms with Gasteiger partial charge in [0.1, 0.15) is 11.9 Å². The number of amides is 1. The van der Waals surface area contributed by atoms with Crippen LogP contribution in [-0.4, -0.2) is 47.1 Å². The minimum Gasteiger partial charge on any atom is -0.480 e. The molecule has 2 heterocycles. The number of hydrogen-bond donors (Lipinski definition) is 1. The standard InChI is InChI=1S/C16H18ClFN2O3/c17-11-5-4-10(9-12(11)18)19-8-6-13(15(19)21)20-7-2-1-3-14(20)16(22)23/h4-5,9,13-14H,1-3,6-8H2,(H,22,23). The number of halogens is 2. The lowest BCUT2D eigenvalue weighted by Crippen LogP contribution is -2.52. The van der Waals surface area contributed by atoms with Crippen molar-refractivity contribution in [2.75, 3.05) is 18.0 Å². The van der Waals surface area contributed by atoms with Gasteiger partial charge in [-0.15, -0.1) is 0 Å². The van der Waals surface area contributed by atoms with Crippen molar-refractivity contribution in [2.45, 2.75) is 37.8 Å². The average molecular weight is 341 g/mol. The maximum Gasteiger partial charge on any atom is 0.320 e. The fourth-order valence-corrected chi connectivity index (χ4v) is 3.59. The highest BCUT2D eigenvalue weighted by atomic mass is 35.5. The van der Waals surface area contributed by atoms with Crippen LogP contribution in [0.5, 0.6) is 0 Å². The number of nitrogens with zero attached hydrogens (tertiary/aromatic N) is 2. The van der Waals surface area contributed by atoms with E-state index in [9.17, 15) is 19.1 Å². The molecule has 0 saturated carbocycles. The van der Waals surface area contributed by atoms with Gasteiger partial charge in [0.15, 0.2) is 0 Å². The molecule has 0 spiro atoms. The summed E-state index contributed by atoms with van der Waals surface area (Å²) in [5.74, 6) is -1.62. The normalized spacial score (nSPS) is 25.8. The lowest BCUT2D eigenvalue weighted by Gasteiger charge is -2.36. The molecule has 124 valence electrons. The van der Waals surface area contributed by atoms with Gasteiger partial charge in [0.05, 0.1) is 11.1 Å². The van der Waals surface area contributed by atoms with Gasteiger partial charge in [0.2, 0.25) is 5.91 Å². The molecule has 2 fully saturated rings. The summed E-state index contributed by atoms with van der Waals surface area (Å²) in [6.07, 6.45) is 2.87. The van der Waals surface area contributed by atoms with Gasteiger partial charge in [0.25, 0.3) is 0 Å². The Kier molecular flexibility index (Phi) is 4.55. The van der Waals surface area contributed by atoms with Crippen LogP contribution < -0.4 is 4.90 Å². The highest BCUT2D eigenvalue weighted by Crippen LogP contribution is 2.30. The first-order valence-corrected chi connectivity index (χ1v) is 8.12. The van der Waals surface area contributed by atoms with Crippen LogP contribution in [0, 0.1) is 5.82 Å². The SMILES string of the molecule is O=C(O)C1CCCCN1C1CCN(c2ccc(Cl)c(F)c2)C1=O. The van der Waals surface area contributed by atoms with Crippen LogP contribution in [0.2, 0.25) is 5.02 Å². The molecule has 3 rings (SSSR count). The van der Waals surface area contributed by atoms with Crippen molar-refractivity contribution >= 4 is 29.2 Å². The number of benzene rings is 1. The molecule has 2 atom stereocenters. The van der Waals surface area contributed by atoms with Crippen molar-refractivity contribution in [1.29, 1.82) is 0 Å². The van der Waals surface area contributed by atoms with Crippen LogP contribution in [0.4, 0.5) is 10.1 Å². The van der Waals surface area contributed by atoms with E-state index in [1.54, 1.807) is 11.0 Å². The number of likely N-dealkylation sites (tertiary alicyclic amines) is 1. The minimum atomic E-state index is -0.881. The van der Waals surface area contributed by atoms with E-state index < -0.39 is 23.9 Å². The first-order valence-electron chi connectivity index (χ1n) is 7.74. The van der Waals surface area contributed by atoms with Gasteiger partial charge in [-0.1, -0.05) is 18.0 Å². The smallest absolute Gasteiger partial charge is 0.320 e. The summed E-state index contributed by atoms with van der Waals surface area (Å²) < 4.78 is 13.6. The number of carbonyl (C=O) groups is 2. The largest absolute Gasteiger partial charge is 0.480 e. The molecule has 1 aromatic rings. The van der Waals surface area contributed by atoms with Crippen LogP contribution in [0.15, 0.2) is 18.2 Å². The molecule has 7 heteroatoms. The molecule has 5 nitrogen and oxygen atoms in total. The number of aliphatic carboxylic acids is 1. The monoisotopic (exact) mass is 340 g/mol. The third-order valence-electron chi connectivity index (χ3n) is 4.62. The van der Waals surface area contributed by atoms with Crippen LogP contribution in [0.25, 0.3) is 0 Å². The molecule has 1 N–H and O–H groups in total. The van der Waals surface area contributed by atoms with E-state index in [2.05, 4.69) is 0 Å². The summed E-state index contributed by atoms with van der Waals surface area (Å²) in [5, 5.41) is 9.39. The third-order valence-corrected chi connectivity index (χ3v) is 4.93. The van der Waals surface area contributed by atoms with Crippen molar-refractivity contribution in [3.05, 3.63) is 29.0 Å². The van der Waals surface area contributed by atoms with Crippen LogP contribution >= 0.6 is 11.6 Å². The molecule has 0 aliphatic carbocycles. The van der Waals surface area contributed by atoms with E-state index in [1.165, 1.54) is 17.0 Å². The lowest BCUT2D eigenvalue weighted by molar-refractivity contribution is -0.146. The van der Waals surface area contributed by atoms with E-state index in [0.29, 0.717) is 31.6 Å². The van der Waals surface area contributed by atoms with Crippen molar-refractivity contribution in [1.82, 2.24) is 4.90 Å². The fourth-order valence-electron chi connectivity index (χ4n) is 3.47. The predicted octanol–water partition coefficient (Wildman–Crippen LogP) is 2.52. The second-order valence-electron chi connectivity index (χ2n) is 5.98. The summed E-state index contributed by atoms with van der Waals surface area (Å²) in [5.41, 5.74) is 0.461. The van der Waals surface area contributed by atoms with E-state index >= 15 is 0 Å². The molecular weight excluding hydrogens is 323 g/mol. The Hall–Kier alpha value is -1.66. The molecule has 0 bridgehead atoms. The number of carbonyl (C=O) groups excluding carboxylic acids is 1. The van der Waals surface area contributed by atoms with Gasteiger partial charge >= 0.3 is 5.97 Å². The molecule has 0 radical (unpaired) electrons. The van der Waals surface area contributed by atoms with Gasteiger partial charge in [-0.2, -0.15) is 0 Å². The maximum absolute atomic E-state index is 13.6. The summed E-state index contributed by atoms with van der Waals surface area (Å²) in [7, 11) is 0. The third kappa shape index (κ3) is 3.05. The predicted molar refractivity (Wildman–Crippen MR) is 84.1 cm³/mol. The second-order valence-corrected chi connectivity index (χ2v) is 6.39. The first kappa shape index (κ1) is 16.2. The Morgan fingerprint density at radius 3 is 2.74 bits per heavy atom. The van der Waals surface area contributed by atoms with E-state index in [0.717, 1.165) is 12.8 Å². The van der Waals surface area contributed by atoms with Crippen LogP contribution in [-0.2, 0) is 9.59 Å². The Morgan fingerprint density at radius 2 is 2.04 bits per heavy atom. The molecule has 2 saturated heterocycles. The molecule has 2 aliphatic rings. The van der Waals surface area contributed by atoms with Gasteiger partial charge in [-0.3, -0.25) is 14.5 Å². The zero-order valence-electron chi connectivity index (χ0n) is 12.5. The van der Waals surface area contributed by atoms with E-state index in [1.807, 2.05) is 0 Å².